The molecule has 1 aromatic rings. The first-order valence-electron chi connectivity index (χ1n) is 4.91. The van der Waals surface area contributed by atoms with Crippen molar-refractivity contribution in [2.75, 3.05) is 6.61 Å². The number of hydrogen-bond acceptors (Lipinski definition) is 3. The van der Waals surface area contributed by atoms with Gasteiger partial charge in [0.25, 0.3) is 0 Å². The molecule has 14 heavy (non-hydrogen) atoms. The zero-order chi connectivity index (χ0) is 9.97. The summed E-state index contributed by atoms with van der Waals surface area (Å²) in [6, 6.07) is 4.04. The van der Waals surface area contributed by atoms with Crippen molar-refractivity contribution in [3.8, 4) is 11.9 Å². The number of hydrogen-bond donors (Lipinski definition) is 0. The molecule has 3 heteroatoms. The molecule has 0 spiro atoms. The molecule has 0 N–H and O–H groups in total. The lowest BCUT2D eigenvalue weighted by Crippen LogP contribution is -2.00. The molecule has 1 heterocycles. The molecule has 0 fully saturated rings. The van der Waals surface area contributed by atoms with Crippen molar-refractivity contribution in [1.82, 2.24) is 4.98 Å². The van der Waals surface area contributed by atoms with Crippen LogP contribution >= 0.6 is 0 Å². The van der Waals surface area contributed by atoms with Gasteiger partial charge in [0.15, 0.2) is 0 Å². The Balaban J connectivity index is 2.45. The first kappa shape index (κ1) is 9.01. The van der Waals surface area contributed by atoms with Gasteiger partial charge >= 0.3 is 0 Å². The Bertz CT molecular complexity index is 393. The van der Waals surface area contributed by atoms with Gasteiger partial charge < -0.3 is 4.74 Å². The van der Waals surface area contributed by atoms with Crippen molar-refractivity contribution in [3.05, 3.63) is 22.9 Å². The fourth-order valence-corrected chi connectivity index (χ4v) is 1.78. The molecule has 1 aromatic heterocycles. The van der Waals surface area contributed by atoms with Gasteiger partial charge in [-0.15, -0.1) is 0 Å². The number of aromatic nitrogens is 1. The van der Waals surface area contributed by atoms with Gasteiger partial charge in [-0.1, -0.05) is 0 Å². The van der Waals surface area contributed by atoms with Crippen LogP contribution in [0.5, 0.6) is 5.88 Å². The highest BCUT2D eigenvalue weighted by atomic mass is 16.5. The molecule has 1 aliphatic rings. The highest BCUT2D eigenvalue weighted by Gasteiger charge is 2.16. The van der Waals surface area contributed by atoms with Gasteiger partial charge in [-0.25, -0.2) is 4.98 Å². The summed E-state index contributed by atoms with van der Waals surface area (Å²) in [4.78, 5) is 4.37. The van der Waals surface area contributed by atoms with Crippen LogP contribution in [-0.4, -0.2) is 11.6 Å². The predicted molar refractivity (Wildman–Crippen MR) is 52.1 cm³/mol. The second-order valence-electron chi connectivity index (χ2n) is 3.35. The van der Waals surface area contributed by atoms with Gasteiger partial charge in [0.1, 0.15) is 11.6 Å². The molecule has 0 atom stereocenters. The van der Waals surface area contributed by atoms with E-state index < -0.39 is 0 Å². The third-order valence-electron chi connectivity index (χ3n) is 2.42. The van der Waals surface area contributed by atoms with Crippen LogP contribution in [0.2, 0.25) is 0 Å². The van der Waals surface area contributed by atoms with E-state index in [1.165, 1.54) is 5.56 Å². The van der Waals surface area contributed by atoms with Crippen LogP contribution in [0.4, 0.5) is 0 Å². The SMILES string of the molecule is CCOc1nc2c(cc1C#N)CCC2. The number of nitriles is 1. The highest BCUT2D eigenvalue weighted by molar-refractivity contribution is 5.44. The van der Waals surface area contributed by atoms with E-state index in [1.54, 1.807) is 0 Å². The Morgan fingerprint density at radius 3 is 3.14 bits per heavy atom. The van der Waals surface area contributed by atoms with Gasteiger partial charge in [-0.3, -0.25) is 0 Å². The van der Waals surface area contributed by atoms with Crippen LogP contribution in [0, 0.1) is 11.3 Å². The lowest BCUT2D eigenvalue weighted by Gasteiger charge is -2.06. The zero-order valence-corrected chi connectivity index (χ0v) is 8.21. The molecule has 0 unspecified atom stereocenters. The Morgan fingerprint density at radius 1 is 1.57 bits per heavy atom. The molecular formula is C11H12N2O. The van der Waals surface area contributed by atoms with E-state index in [0.717, 1.165) is 25.0 Å². The first-order chi connectivity index (χ1) is 6.85. The number of ether oxygens (including phenoxy) is 1. The predicted octanol–water partition coefficient (Wildman–Crippen LogP) is 1.84. The van der Waals surface area contributed by atoms with Gasteiger partial charge in [0.05, 0.1) is 6.61 Å². The van der Waals surface area contributed by atoms with Crippen molar-refractivity contribution in [1.29, 1.82) is 5.26 Å². The number of fused-ring (bicyclic) bond motifs is 1. The van der Waals surface area contributed by atoms with Crippen LogP contribution in [-0.2, 0) is 12.8 Å². The van der Waals surface area contributed by atoms with Gasteiger partial charge in [0, 0.05) is 5.69 Å². The summed E-state index contributed by atoms with van der Waals surface area (Å²) in [7, 11) is 0. The second-order valence-corrected chi connectivity index (χ2v) is 3.35. The fraction of sp³-hybridized carbons (Fsp3) is 0.455. The first-order valence-corrected chi connectivity index (χ1v) is 4.91. The van der Waals surface area contributed by atoms with E-state index >= 15 is 0 Å². The molecule has 0 aromatic carbocycles. The van der Waals surface area contributed by atoms with Gasteiger partial charge in [-0.05, 0) is 37.8 Å². The molecule has 0 aliphatic heterocycles. The van der Waals surface area contributed by atoms with Crippen LogP contribution in [0.15, 0.2) is 6.07 Å². The quantitative estimate of drug-likeness (QED) is 0.711. The highest BCUT2D eigenvalue weighted by Crippen LogP contribution is 2.25. The largest absolute Gasteiger partial charge is 0.477 e. The average Bonchev–Trinajstić information content (AvgIpc) is 2.64. The Hall–Kier alpha value is -1.56. The molecule has 0 amide bonds. The van der Waals surface area contributed by atoms with Gasteiger partial charge in [-0.2, -0.15) is 5.26 Å². The lowest BCUT2D eigenvalue weighted by molar-refractivity contribution is 0.325. The zero-order valence-electron chi connectivity index (χ0n) is 8.21. The summed E-state index contributed by atoms with van der Waals surface area (Å²) in [5.41, 5.74) is 2.88. The Morgan fingerprint density at radius 2 is 2.43 bits per heavy atom. The van der Waals surface area contributed by atoms with Crippen molar-refractivity contribution < 1.29 is 4.74 Å². The molecule has 0 saturated carbocycles. The number of aryl methyl sites for hydroxylation is 2. The van der Waals surface area contributed by atoms with Crippen molar-refractivity contribution in [2.45, 2.75) is 26.2 Å². The van der Waals surface area contributed by atoms with Gasteiger partial charge in [0.2, 0.25) is 5.88 Å². The minimum Gasteiger partial charge on any atom is -0.477 e. The maximum atomic E-state index is 8.91. The Labute approximate surface area is 83.3 Å². The van der Waals surface area contributed by atoms with Crippen LogP contribution in [0.3, 0.4) is 0 Å². The maximum absolute atomic E-state index is 8.91. The minimum absolute atomic E-state index is 0.496. The Kier molecular flexibility index (Phi) is 2.36. The fourth-order valence-electron chi connectivity index (χ4n) is 1.78. The average molecular weight is 188 g/mol. The molecule has 0 bridgehead atoms. The second kappa shape index (κ2) is 3.67. The molecular weight excluding hydrogens is 176 g/mol. The summed E-state index contributed by atoms with van der Waals surface area (Å²) in [5, 5.41) is 8.91. The number of rotatable bonds is 2. The van der Waals surface area contributed by atoms with Crippen molar-refractivity contribution in [2.24, 2.45) is 0 Å². The molecule has 3 nitrogen and oxygen atoms in total. The van der Waals surface area contributed by atoms with E-state index in [4.69, 9.17) is 10.00 Å². The monoisotopic (exact) mass is 188 g/mol. The van der Waals surface area contributed by atoms with E-state index in [0.29, 0.717) is 18.1 Å². The molecule has 0 radical (unpaired) electrons. The summed E-state index contributed by atoms with van der Waals surface area (Å²) in [6.45, 7) is 2.45. The molecule has 1 aliphatic carbocycles. The number of nitrogens with zero attached hydrogens (tertiary/aromatic N) is 2. The summed E-state index contributed by atoms with van der Waals surface area (Å²) >= 11 is 0. The topological polar surface area (TPSA) is 45.9 Å². The normalized spacial score (nSPS) is 13.4. The standard InChI is InChI=1S/C11H12N2O/c1-2-14-11-9(7-12)6-8-4-3-5-10(8)13-11/h6H,2-5H2,1H3. The third kappa shape index (κ3) is 1.44. The van der Waals surface area contributed by atoms with E-state index in [1.807, 2.05) is 13.0 Å². The van der Waals surface area contributed by atoms with E-state index in [9.17, 15) is 0 Å². The van der Waals surface area contributed by atoms with Crippen LogP contribution in [0.25, 0.3) is 0 Å². The minimum atomic E-state index is 0.496. The maximum Gasteiger partial charge on any atom is 0.231 e. The third-order valence-corrected chi connectivity index (χ3v) is 2.42. The number of pyridine rings is 1. The van der Waals surface area contributed by atoms with E-state index in [2.05, 4.69) is 11.1 Å². The van der Waals surface area contributed by atoms with E-state index in [-0.39, 0.29) is 0 Å². The summed E-state index contributed by atoms with van der Waals surface area (Å²) in [5.74, 6) is 0.496. The van der Waals surface area contributed by atoms with Crippen molar-refractivity contribution >= 4 is 0 Å². The smallest absolute Gasteiger partial charge is 0.231 e. The summed E-state index contributed by atoms with van der Waals surface area (Å²) in [6.07, 6.45) is 3.20. The van der Waals surface area contributed by atoms with Crippen molar-refractivity contribution in [3.63, 3.8) is 0 Å². The van der Waals surface area contributed by atoms with Crippen LogP contribution < -0.4 is 4.74 Å². The molecule has 72 valence electrons. The van der Waals surface area contributed by atoms with Crippen LogP contribution in [0.1, 0.15) is 30.2 Å². The molecule has 0 saturated heterocycles. The summed E-state index contributed by atoms with van der Waals surface area (Å²) < 4.78 is 5.32. The lowest BCUT2D eigenvalue weighted by atomic mass is 10.1. The molecule has 2 rings (SSSR count).